The van der Waals surface area contributed by atoms with Gasteiger partial charge in [0.1, 0.15) is 0 Å². The summed E-state index contributed by atoms with van der Waals surface area (Å²) < 4.78 is 0. The monoisotopic (exact) mass is 325 g/mol. The van der Waals surface area contributed by atoms with E-state index < -0.39 is 30.2 Å². The van der Waals surface area contributed by atoms with Crippen LogP contribution in [0.5, 0.6) is 0 Å². The number of rotatable bonds is 4. The predicted molar refractivity (Wildman–Crippen MR) is 85.6 cm³/mol. The van der Waals surface area contributed by atoms with Crippen molar-refractivity contribution in [3.63, 3.8) is 0 Å². The molecule has 0 atom stereocenters. The van der Waals surface area contributed by atoms with Crippen LogP contribution in [0.25, 0.3) is 0 Å². The Balaban J connectivity index is 1.89. The van der Waals surface area contributed by atoms with E-state index in [-0.39, 0.29) is 5.69 Å². The molecule has 4 amide bonds. The zero-order valence-electron chi connectivity index (χ0n) is 13.2. The number of imide groups is 2. The average molecular weight is 325 g/mol. The van der Waals surface area contributed by atoms with Gasteiger partial charge in [0.2, 0.25) is 0 Å². The number of urea groups is 1. The van der Waals surface area contributed by atoms with E-state index in [2.05, 4.69) is 4.98 Å². The highest BCUT2D eigenvalue weighted by Crippen LogP contribution is 2.26. The molecule has 0 aliphatic carbocycles. The largest absolute Gasteiger partial charge is 0.359 e. The first-order valence-electron chi connectivity index (χ1n) is 7.34. The summed E-state index contributed by atoms with van der Waals surface area (Å²) in [6.45, 7) is 3.16. The van der Waals surface area contributed by atoms with Gasteiger partial charge in [0.05, 0.1) is 17.9 Å². The van der Waals surface area contributed by atoms with Gasteiger partial charge >= 0.3 is 17.8 Å². The Morgan fingerprint density at radius 3 is 2.46 bits per heavy atom. The fourth-order valence-electron chi connectivity index (χ4n) is 2.65. The number of amides is 4. The van der Waals surface area contributed by atoms with Gasteiger partial charge in [-0.2, -0.15) is 0 Å². The molecule has 0 bridgehead atoms. The number of benzene rings is 1. The Bertz CT molecular complexity index is 855. The fraction of sp³-hybridized carbons (Fsp3) is 0.176. The van der Waals surface area contributed by atoms with Crippen LogP contribution in [0.1, 0.15) is 21.6 Å². The van der Waals surface area contributed by atoms with Gasteiger partial charge in [-0.1, -0.05) is 17.7 Å². The molecule has 122 valence electrons. The molecule has 1 fully saturated rings. The van der Waals surface area contributed by atoms with Crippen LogP contribution in [-0.4, -0.2) is 40.1 Å². The van der Waals surface area contributed by atoms with Crippen LogP contribution in [0.15, 0.2) is 36.5 Å². The lowest BCUT2D eigenvalue weighted by molar-refractivity contribution is -0.139. The average Bonchev–Trinajstić information content (AvgIpc) is 3.13. The third kappa shape index (κ3) is 2.50. The summed E-state index contributed by atoms with van der Waals surface area (Å²) in [5.74, 6) is -2.40. The number of ketones is 1. The Morgan fingerprint density at radius 1 is 1.08 bits per heavy atom. The molecule has 0 radical (unpaired) electrons. The van der Waals surface area contributed by atoms with Crippen molar-refractivity contribution in [3.05, 3.63) is 53.3 Å². The zero-order chi connectivity index (χ0) is 17.4. The number of hydrogen-bond acceptors (Lipinski definition) is 4. The van der Waals surface area contributed by atoms with Crippen LogP contribution in [0, 0.1) is 13.8 Å². The molecule has 1 aliphatic heterocycles. The maximum Gasteiger partial charge on any atom is 0.339 e. The fourth-order valence-corrected chi connectivity index (χ4v) is 2.65. The minimum absolute atomic E-state index is 0.271. The standard InChI is InChI=1S/C17H15N3O4/c1-10-5-6-13(11(2)8-10)20-16(23)15(22)19(17(20)24)9-14(21)12-4-3-7-18-12/h3-8,18H,9H2,1-2H3. The first kappa shape index (κ1) is 15.7. The number of carbonyl (C=O) groups excluding carboxylic acids is 4. The van der Waals surface area contributed by atoms with Crippen molar-refractivity contribution in [1.29, 1.82) is 0 Å². The number of H-pyrrole nitrogens is 1. The second kappa shape index (κ2) is 5.77. The summed E-state index contributed by atoms with van der Waals surface area (Å²) in [5.41, 5.74) is 2.29. The van der Waals surface area contributed by atoms with E-state index in [9.17, 15) is 19.2 Å². The van der Waals surface area contributed by atoms with Crippen LogP contribution in [0.3, 0.4) is 0 Å². The van der Waals surface area contributed by atoms with E-state index >= 15 is 0 Å². The molecule has 1 aromatic carbocycles. The van der Waals surface area contributed by atoms with Gasteiger partial charge in [-0.15, -0.1) is 0 Å². The van der Waals surface area contributed by atoms with Gasteiger partial charge in [-0.3, -0.25) is 14.4 Å². The molecule has 1 aromatic heterocycles. The van der Waals surface area contributed by atoms with Gasteiger partial charge in [-0.05, 0) is 37.6 Å². The van der Waals surface area contributed by atoms with E-state index in [4.69, 9.17) is 0 Å². The molecule has 0 unspecified atom stereocenters. The lowest BCUT2D eigenvalue weighted by Gasteiger charge is -2.17. The Labute approximate surface area is 137 Å². The Kier molecular flexibility index (Phi) is 3.76. The maximum absolute atomic E-state index is 12.5. The van der Waals surface area contributed by atoms with Crippen molar-refractivity contribution in [1.82, 2.24) is 9.88 Å². The summed E-state index contributed by atoms with van der Waals surface area (Å²) >= 11 is 0. The summed E-state index contributed by atoms with van der Waals surface area (Å²) in [7, 11) is 0. The lowest BCUT2D eigenvalue weighted by Crippen LogP contribution is -2.37. The number of aryl methyl sites for hydroxylation is 2. The molecule has 2 heterocycles. The van der Waals surface area contributed by atoms with Crippen molar-refractivity contribution in [2.24, 2.45) is 0 Å². The third-order valence-corrected chi connectivity index (χ3v) is 3.85. The molecule has 1 N–H and O–H groups in total. The van der Waals surface area contributed by atoms with Crippen molar-refractivity contribution < 1.29 is 19.2 Å². The molecule has 1 saturated heterocycles. The first-order valence-corrected chi connectivity index (χ1v) is 7.34. The number of aromatic nitrogens is 1. The minimum Gasteiger partial charge on any atom is -0.359 e. The van der Waals surface area contributed by atoms with Crippen molar-refractivity contribution in [2.45, 2.75) is 13.8 Å². The Hall–Kier alpha value is -3.22. The van der Waals surface area contributed by atoms with Gasteiger partial charge in [0, 0.05) is 6.20 Å². The van der Waals surface area contributed by atoms with Gasteiger partial charge in [0.25, 0.3) is 0 Å². The van der Waals surface area contributed by atoms with Crippen LogP contribution in [-0.2, 0) is 9.59 Å². The topological polar surface area (TPSA) is 90.6 Å². The molecule has 2 aromatic rings. The molecule has 0 saturated carbocycles. The second-order valence-electron chi connectivity index (χ2n) is 5.61. The van der Waals surface area contributed by atoms with E-state index in [1.54, 1.807) is 31.3 Å². The Morgan fingerprint density at radius 2 is 1.83 bits per heavy atom. The third-order valence-electron chi connectivity index (χ3n) is 3.85. The molecule has 1 aliphatic rings. The smallest absolute Gasteiger partial charge is 0.339 e. The molecular formula is C17H15N3O4. The highest BCUT2D eigenvalue weighted by Gasteiger charge is 2.46. The predicted octanol–water partition coefficient (Wildman–Crippen LogP) is 1.81. The quantitative estimate of drug-likeness (QED) is 0.527. The van der Waals surface area contributed by atoms with Crippen LogP contribution >= 0.6 is 0 Å². The number of Topliss-reactive ketones (excluding diaryl/α,β-unsaturated/α-hetero) is 1. The number of aromatic amines is 1. The van der Waals surface area contributed by atoms with Crippen LogP contribution in [0.2, 0.25) is 0 Å². The molecule has 3 rings (SSSR count). The number of hydrogen-bond donors (Lipinski definition) is 1. The van der Waals surface area contributed by atoms with E-state index in [1.165, 1.54) is 6.07 Å². The second-order valence-corrected chi connectivity index (χ2v) is 5.61. The summed E-state index contributed by atoms with van der Waals surface area (Å²) in [6.07, 6.45) is 1.56. The number of nitrogens with one attached hydrogen (secondary N) is 1. The van der Waals surface area contributed by atoms with E-state index in [0.29, 0.717) is 16.2 Å². The molecule has 7 heteroatoms. The highest BCUT2D eigenvalue weighted by molar-refractivity contribution is 6.53. The lowest BCUT2D eigenvalue weighted by atomic mass is 10.1. The van der Waals surface area contributed by atoms with Crippen molar-refractivity contribution in [2.75, 3.05) is 11.4 Å². The van der Waals surface area contributed by atoms with Gasteiger partial charge in [-0.25, -0.2) is 14.6 Å². The van der Waals surface area contributed by atoms with Crippen LogP contribution < -0.4 is 4.90 Å². The highest BCUT2D eigenvalue weighted by atomic mass is 16.2. The van der Waals surface area contributed by atoms with E-state index in [0.717, 1.165) is 10.5 Å². The maximum atomic E-state index is 12.5. The molecule has 24 heavy (non-hydrogen) atoms. The number of nitrogens with zero attached hydrogens (tertiary/aromatic N) is 2. The molecule has 0 spiro atoms. The number of carbonyl (C=O) groups is 4. The van der Waals surface area contributed by atoms with Gasteiger partial charge in [0.15, 0.2) is 5.78 Å². The number of anilines is 1. The SMILES string of the molecule is Cc1ccc(N2C(=O)C(=O)N(CC(=O)c3ccc[nH]3)C2=O)c(C)c1. The van der Waals surface area contributed by atoms with E-state index in [1.807, 2.05) is 13.0 Å². The minimum atomic E-state index is -1.00. The molecule has 7 nitrogen and oxygen atoms in total. The van der Waals surface area contributed by atoms with Crippen molar-refractivity contribution in [3.8, 4) is 0 Å². The summed E-state index contributed by atoms with van der Waals surface area (Å²) in [6, 6.07) is 7.54. The molecular weight excluding hydrogens is 310 g/mol. The zero-order valence-corrected chi connectivity index (χ0v) is 13.2. The summed E-state index contributed by atoms with van der Waals surface area (Å²) in [4.78, 5) is 53.2. The van der Waals surface area contributed by atoms with Crippen LogP contribution in [0.4, 0.5) is 10.5 Å². The summed E-state index contributed by atoms with van der Waals surface area (Å²) in [5, 5.41) is 0. The first-order chi connectivity index (χ1) is 11.4. The van der Waals surface area contributed by atoms with Gasteiger partial charge < -0.3 is 4.98 Å². The van der Waals surface area contributed by atoms with Crippen molar-refractivity contribution >= 4 is 29.3 Å². The normalized spacial score (nSPS) is 14.7.